The number of hydrogen-bond donors (Lipinski definition) is 2. The summed E-state index contributed by atoms with van der Waals surface area (Å²) in [6.45, 7) is 5.77. The Bertz CT molecular complexity index is 494. The molecule has 1 saturated carbocycles. The van der Waals surface area contributed by atoms with Crippen LogP contribution in [0.5, 0.6) is 0 Å². The average molecular weight is 508 g/mol. The third kappa shape index (κ3) is 7.33. The number of aliphatic imine (C=N–C) groups is 1. The number of hydrogen-bond acceptors (Lipinski definition) is 4. The second-order valence-corrected chi connectivity index (χ2v) is 8.05. The molecule has 7 nitrogen and oxygen atoms in total. The predicted octanol–water partition coefficient (Wildman–Crippen LogP) is 2.00. The van der Waals surface area contributed by atoms with Crippen LogP contribution in [0.3, 0.4) is 0 Å². The molecule has 0 aromatic heterocycles. The number of nitrogens with one attached hydrogen (secondary N) is 2. The highest BCUT2D eigenvalue weighted by molar-refractivity contribution is 14.0. The molecule has 2 heterocycles. The highest BCUT2D eigenvalue weighted by atomic mass is 127. The highest BCUT2D eigenvalue weighted by Gasteiger charge is 2.32. The molecule has 0 aromatic rings. The number of nitrogens with zero attached hydrogens (tertiary/aromatic N) is 2. The van der Waals surface area contributed by atoms with Gasteiger partial charge in [0.2, 0.25) is 5.91 Å². The van der Waals surface area contributed by atoms with Crippen molar-refractivity contribution in [3.63, 3.8) is 0 Å². The Hall–Kier alpha value is -0.610. The van der Waals surface area contributed by atoms with E-state index in [-0.39, 0.29) is 29.9 Å². The minimum atomic E-state index is 0. The van der Waals surface area contributed by atoms with Gasteiger partial charge in [0.15, 0.2) is 5.96 Å². The third-order valence-corrected chi connectivity index (χ3v) is 5.90. The van der Waals surface area contributed by atoms with E-state index in [0.717, 1.165) is 84.1 Å². The van der Waals surface area contributed by atoms with Gasteiger partial charge in [-0.05, 0) is 32.1 Å². The van der Waals surface area contributed by atoms with Gasteiger partial charge in [0.1, 0.15) is 0 Å². The Morgan fingerprint density at radius 3 is 2.79 bits per heavy atom. The summed E-state index contributed by atoms with van der Waals surface area (Å²) >= 11 is 0. The first kappa shape index (κ1) is 23.7. The van der Waals surface area contributed by atoms with Crippen molar-refractivity contribution < 1.29 is 14.3 Å². The van der Waals surface area contributed by atoms with Crippen LogP contribution in [0.25, 0.3) is 0 Å². The molecule has 0 aromatic carbocycles. The summed E-state index contributed by atoms with van der Waals surface area (Å²) in [7, 11) is 1.79. The minimum absolute atomic E-state index is 0. The number of ether oxygens (including phenoxy) is 2. The van der Waals surface area contributed by atoms with E-state index in [1.165, 1.54) is 12.8 Å². The standard InChI is InChI=1S/C20H36N4O3.HI/c1-21-20(22-9-4-11-26-14-16-8-12-27-15-16)23-18-7-10-24(13-18)19(25)17-5-2-3-6-17;/h16-18H,2-15H2,1H3,(H2,21,22,23);1H. The van der Waals surface area contributed by atoms with Crippen LogP contribution < -0.4 is 10.6 Å². The van der Waals surface area contributed by atoms with Crippen molar-refractivity contribution in [2.24, 2.45) is 16.8 Å². The topological polar surface area (TPSA) is 75.2 Å². The fraction of sp³-hybridized carbons (Fsp3) is 0.900. The fourth-order valence-electron chi connectivity index (χ4n) is 4.24. The Morgan fingerprint density at radius 1 is 1.25 bits per heavy atom. The van der Waals surface area contributed by atoms with Crippen molar-refractivity contribution in [1.82, 2.24) is 15.5 Å². The van der Waals surface area contributed by atoms with Gasteiger partial charge in [0, 0.05) is 57.8 Å². The van der Waals surface area contributed by atoms with E-state index in [1.807, 2.05) is 4.90 Å². The zero-order chi connectivity index (χ0) is 18.9. The molecular formula is C20H37IN4O3. The lowest BCUT2D eigenvalue weighted by atomic mass is 10.1. The number of halogens is 1. The van der Waals surface area contributed by atoms with Crippen LogP contribution in [0, 0.1) is 11.8 Å². The number of likely N-dealkylation sites (tertiary alicyclic amines) is 1. The molecule has 3 aliphatic rings. The van der Waals surface area contributed by atoms with Crippen molar-refractivity contribution >= 4 is 35.8 Å². The van der Waals surface area contributed by atoms with E-state index in [0.29, 0.717) is 17.9 Å². The van der Waals surface area contributed by atoms with E-state index in [4.69, 9.17) is 9.47 Å². The molecule has 0 spiro atoms. The summed E-state index contributed by atoms with van der Waals surface area (Å²) in [5.41, 5.74) is 0. The van der Waals surface area contributed by atoms with Crippen molar-refractivity contribution in [3.05, 3.63) is 0 Å². The smallest absolute Gasteiger partial charge is 0.225 e. The second kappa shape index (κ2) is 12.8. The fourth-order valence-corrected chi connectivity index (χ4v) is 4.24. The lowest BCUT2D eigenvalue weighted by Gasteiger charge is -2.21. The molecule has 2 N–H and O–H groups in total. The van der Waals surface area contributed by atoms with Crippen LogP contribution in [0.2, 0.25) is 0 Å². The number of carbonyl (C=O) groups is 1. The largest absolute Gasteiger partial charge is 0.381 e. The maximum Gasteiger partial charge on any atom is 0.225 e. The molecule has 162 valence electrons. The molecule has 3 rings (SSSR count). The normalized spacial score (nSPS) is 25.8. The Labute approximate surface area is 186 Å². The maximum absolute atomic E-state index is 12.5. The number of rotatable bonds is 8. The SMILES string of the molecule is CN=C(NCCCOCC1CCOC1)NC1CCN(C(=O)C2CCCC2)C1.I. The van der Waals surface area contributed by atoms with Gasteiger partial charge in [-0.25, -0.2) is 0 Å². The average Bonchev–Trinajstić information content (AvgIpc) is 3.45. The summed E-state index contributed by atoms with van der Waals surface area (Å²) in [6.07, 6.45) is 7.63. The predicted molar refractivity (Wildman–Crippen MR) is 121 cm³/mol. The van der Waals surface area contributed by atoms with Gasteiger partial charge < -0.3 is 25.0 Å². The van der Waals surface area contributed by atoms with Crippen LogP contribution in [0.4, 0.5) is 0 Å². The molecule has 2 aliphatic heterocycles. The highest BCUT2D eigenvalue weighted by Crippen LogP contribution is 2.27. The van der Waals surface area contributed by atoms with Crippen LogP contribution in [-0.4, -0.2) is 75.9 Å². The molecule has 1 aliphatic carbocycles. The Kier molecular flexibility index (Phi) is 10.9. The first-order valence-corrected chi connectivity index (χ1v) is 10.7. The van der Waals surface area contributed by atoms with Gasteiger partial charge in [-0.2, -0.15) is 0 Å². The summed E-state index contributed by atoms with van der Waals surface area (Å²) < 4.78 is 11.1. The second-order valence-electron chi connectivity index (χ2n) is 8.05. The summed E-state index contributed by atoms with van der Waals surface area (Å²) in [6, 6.07) is 0.292. The summed E-state index contributed by atoms with van der Waals surface area (Å²) in [5, 5.41) is 6.82. The molecule has 1 amide bonds. The van der Waals surface area contributed by atoms with E-state index in [9.17, 15) is 4.79 Å². The molecule has 0 radical (unpaired) electrons. The zero-order valence-corrected chi connectivity index (χ0v) is 19.5. The third-order valence-electron chi connectivity index (χ3n) is 5.90. The number of guanidine groups is 1. The van der Waals surface area contributed by atoms with Gasteiger partial charge in [-0.15, -0.1) is 24.0 Å². The monoisotopic (exact) mass is 508 g/mol. The Balaban J connectivity index is 0.00000280. The van der Waals surface area contributed by atoms with Crippen molar-refractivity contribution in [1.29, 1.82) is 0 Å². The van der Waals surface area contributed by atoms with Crippen LogP contribution in [0.1, 0.15) is 44.9 Å². The maximum atomic E-state index is 12.5. The first-order chi connectivity index (χ1) is 13.3. The minimum Gasteiger partial charge on any atom is -0.381 e. The van der Waals surface area contributed by atoms with Gasteiger partial charge in [-0.3, -0.25) is 9.79 Å². The molecule has 2 unspecified atom stereocenters. The molecule has 28 heavy (non-hydrogen) atoms. The molecule has 2 saturated heterocycles. The zero-order valence-electron chi connectivity index (χ0n) is 17.2. The Morgan fingerprint density at radius 2 is 2.07 bits per heavy atom. The van der Waals surface area contributed by atoms with Gasteiger partial charge in [-0.1, -0.05) is 12.8 Å². The van der Waals surface area contributed by atoms with Gasteiger partial charge >= 0.3 is 0 Å². The molecule has 2 atom stereocenters. The quantitative estimate of drug-likeness (QED) is 0.227. The molecule has 8 heteroatoms. The summed E-state index contributed by atoms with van der Waals surface area (Å²) in [4.78, 5) is 18.9. The van der Waals surface area contributed by atoms with E-state index < -0.39 is 0 Å². The van der Waals surface area contributed by atoms with Gasteiger partial charge in [0.25, 0.3) is 0 Å². The number of amides is 1. The van der Waals surface area contributed by atoms with E-state index >= 15 is 0 Å². The molecule has 0 bridgehead atoms. The van der Waals surface area contributed by atoms with E-state index in [1.54, 1.807) is 7.05 Å². The van der Waals surface area contributed by atoms with Crippen molar-refractivity contribution in [3.8, 4) is 0 Å². The number of carbonyl (C=O) groups excluding carboxylic acids is 1. The molecule has 3 fully saturated rings. The molecular weight excluding hydrogens is 471 g/mol. The van der Waals surface area contributed by atoms with Crippen molar-refractivity contribution in [2.45, 2.75) is 51.0 Å². The first-order valence-electron chi connectivity index (χ1n) is 10.7. The van der Waals surface area contributed by atoms with Crippen LogP contribution in [-0.2, 0) is 14.3 Å². The van der Waals surface area contributed by atoms with Crippen LogP contribution >= 0.6 is 24.0 Å². The van der Waals surface area contributed by atoms with Crippen molar-refractivity contribution in [2.75, 3.05) is 53.1 Å². The summed E-state index contributed by atoms with van der Waals surface area (Å²) in [5.74, 6) is 2.03. The van der Waals surface area contributed by atoms with Gasteiger partial charge in [0.05, 0.1) is 13.2 Å². The van der Waals surface area contributed by atoms with Crippen LogP contribution in [0.15, 0.2) is 4.99 Å². The lowest BCUT2D eigenvalue weighted by Crippen LogP contribution is -2.45. The lowest BCUT2D eigenvalue weighted by molar-refractivity contribution is -0.134. The van der Waals surface area contributed by atoms with E-state index in [2.05, 4.69) is 15.6 Å².